The molecule has 0 bridgehead atoms. The summed E-state index contributed by atoms with van der Waals surface area (Å²) in [5.74, 6) is 0.102. The lowest BCUT2D eigenvalue weighted by Gasteiger charge is -2.15. The van der Waals surface area contributed by atoms with Crippen LogP contribution in [0.1, 0.15) is 91.4 Å². The van der Waals surface area contributed by atoms with Gasteiger partial charge in [0.15, 0.2) is 0 Å². The Kier molecular flexibility index (Phi) is 16.4. The molecule has 0 radical (unpaired) electrons. The van der Waals surface area contributed by atoms with E-state index in [1.54, 1.807) is 0 Å². The lowest BCUT2D eigenvalue weighted by atomic mass is 10.00. The molecule has 0 amide bonds. The first kappa shape index (κ1) is 21.4. The number of carbonyl (C=O) groups excluding carboxylic acids is 1. The first-order chi connectivity index (χ1) is 10.8. The fourth-order valence-electron chi connectivity index (χ4n) is 2.63. The van der Waals surface area contributed by atoms with Gasteiger partial charge in [0, 0.05) is 0 Å². The molecule has 1 unspecified atom stereocenters. The van der Waals surface area contributed by atoms with Crippen molar-refractivity contribution in [3.8, 4) is 0 Å². The van der Waals surface area contributed by atoms with E-state index >= 15 is 0 Å². The van der Waals surface area contributed by atoms with E-state index in [0.29, 0.717) is 6.61 Å². The zero-order valence-electron chi connectivity index (χ0n) is 15.3. The number of nitrogens with one attached hydrogen (secondary N) is 1. The summed E-state index contributed by atoms with van der Waals surface area (Å²) in [7, 11) is 0. The summed E-state index contributed by atoms with van der Waals surface area (Å²) < 4.78 is 5.45. The van der Waals surface area contributed by atoms with E-state index in [-0.39, 0.29) is 11.9 Å². The Morgan fingerprint density at radius 2 is 1.50 bits per heavy atom. The van der Waals surface area contributed by atoms with Crippen LogP contribution in [0, 0.1) is 5.92 Å². The van der Waals surface area contributed by atoms with Crippen LogP contribution in [0.3, 0.4) is 0 Å². The predicted octanol–water partition coefficient (Wildman–Crippen LogP) is 5.09. The lowest BCUT2D eigenvalue weighted by Crippen LogP contribution is -2.25. The minimum atomic E-state index is 0.0196. The van der Waals surface area contributed by atoms with Crippen molar-refractivity contribution in [1.29, 1.82) is 0 Å². The molecule has 0 aromatic carbocycles. The maximum Gasteiger partial charge on any atom is 0.308 e. The highest BCUT2D eigenvalue weighted by atomic mass is 16.5. The zero-order chi connectivity index (χ0) is 16.5. The molecule has 0 saturated carbocycles. The molecular formula is C19H39NO2. The molecule has 0 aromatic heterocycles. The Labute approximate surface area is 138 Å². The first-order valence-electron chi connectivity index (χ1n) is 9.63. The van der Waals surface area contributed by atoms with Crippen molar-refractivity contribution < 1.29 is 9.53 Å². The SMILES string of the molecule is CCCCCCNCCC(CCC)C(=O)OCCCCCC. The molecule has 1 N–H and O–H groups in total. The van der Waals surface area contributed by atoms with Crippen molar-refractivity contribution in [3.63, 3.8) is 0 Å². The minimum Gasteiger partial charge on any atom is -0.465 e. The van der Waals surface area contributed by atoms with Gasteiger partial charge in [0.1, 0.15) is 0 Å². The Hall–Kier alpha value is -0.570. The van der Waals surface area contributed by atoms with Crippen molar-refractivity contribution in [2.24, 2.45) is 5.92 Å². The Morgan fingerprint density at radius 3 is 2.14 bits per heavy atom. The molecule has 0 aliphatic rings. The van der Waals surface area contributed by atoms with Gasteiger partial charge in [-0.3, -0.25) is 4.79 Å². The highest BCUT2D eigenvalue weighted by Crippen LogP contribution is 2.13. The van der Waals surface area contributed by atoms with Crippen LogP contribution in [-0.2, 0) is 9.53 Å². The highest BCUT2D eigenvalue weighted by Gasteiger charge is 2.18. The number of esters is 1. The molecular weight excluding hydrogens is 274 g/mol. The van der Waals surface area contributed by atoms with Gasteiger partial charge in [-0.05, 0) is 38.8 Å². The van der Waals surface area contributed by atoms with Crippen molar-refractivity contribution in [2.45, 2.75) is 91.4 Å². The van der Waals surface area contributed by atoms with Crippen molar-refractivity contribution >= 4 is 5.97 Å². The van der Waals surface area contributed by atoms with Crippen LogP contribution in [0.5, 0.6) is 0 Å². The number of unbranched alkanes of at least 4 members (excludes halogenated alkanes) is 6. The van der Waals surface area contributed by atoms with Gasteiger partial charge in [0.25, 0.3) is 0 Å². The van der Waals surface area contributed by atoms with E-state index in [9.17, 15) is 4.79 Å². The minimum absolute atomic E-state index is 0.0196. The van der Waals surface area contributed by atoms with Gasteiger partial charge < -0.3 is 10.1 Å². The summed E-state index contributed by atoms with van der Waals surface area (Å²) in [6.07, 6.45) is 12.7. The number of ether oxygens (including phenoxy) is 1. The number of carbonyl (C=O) groups is 1. The van der Waals surface area contributed by atoms with Gasteiger partial charge in [0.2, 0.25) is 0 Å². The van der Waals surface area contributed by atoms with Crippen molar-refractivity contribution in [3.05, 3.63) is 0 Å². The van der Waals surface area contributed by atoms with Gasteiger partial charge in [-0.2, -0.15) is 0 Å². The first-order valence-corrected chi connectivity index (χ1v) is 9.63. The molecule has 1 atom stereocenters. The van der Waals surface area contributed by atoms with Crippen LogP contribution in [0.25, 0.3) is 0 Å². The van der Waals surface area contributed by atoms with Gasteiger partial charge in [-0.15, -0.1) is 0 Å². The molecule has 3 nitrogen and oxygen atoms in total. The number of hydrogen-bond acceptors (Lipinski definition) is 3. The van der Waals surface area contributed by atoms with Crippen LogP contribution >= 0.6 is 0 Å². The van der Waals surface area contributed by atoms with E-state index in [1.807, 2.05) is 0 Å². The van der Waals surface area contributed by atoms with Gasteiger partial charge >= 0.3 is 5.97 Å². The van der Waals surface area contributed by atoms with Gasteiger partial charge in [-0.25, -0.2) is 0 Å². The number of rotatable bonds is 16. The Balaban J connectivity index is 3.71. The Morgan fingerprint density at radius 1 is 0.818 bits per heavy atom. The second-order valence-electron chi connectivity index (χ2n) is 6.31. The van der Waals surface area contributed by atoms with Crippen LogP contribution in [0.15, 0.2) is 0 Å². The van der Waals surface area contributed by atoms with E-state index in [4.69, 9.17) is 4.74 Å². The van der Waals surface area contributed by atoms with Crippen LogP contribution in [0.2, 0.25) is 0 Å². The summed E-state index contributed by atoms with van der Waals surface area (Å²) in [6, 6.07) is 0. The maximum absolute atomic E-state index is 12.1. The van der Waals surface area contributed by atoms with Crippen LogP contribution in [-0.4, -0.2) is 25.7 Å². The summed E-state index contributed by atoms with van der Waals surface area (Å²) in [4.78, 5) is 12.1. The third-order valence-electron chi connectivity index (χ3n) is 4.09. The smallest absolute Gasteiger partial charge is 0.308 e. The molecule has 0 heterocycles. The molecule has 0 saturated heterocycles. The standard InChI is InChI=1S/C19H39NO2/c1-4-7-9-11-15-20-16-14-18(13-6-3)19(21)22-17-12-10-8-5-2/h18,20H,4-17H2,1-3H3. The fourth-order valence-corrected chi connectivity index (χ4v) is 2.63. The topological polar surface area (TPSA) is 38.3 Å². The third-order valence-corrected chi connectivity index (χ3v) is 4.09. The summed E-state index contributed by atoms with van der Waals surface area (Å²) >= 11 is 0. The normalized spacial score (nSPS) is 12.3. The van der Waals surface area contributed by atoms with Gasteiger partial charge in [-0.1, -0.05) is 65.7 Å². The second-order valence-corrected chi connectivity index (χ2v) is 6.31. The molecule has 0 aliphatic heterocycles. The largest absolute Gasteiger partial charge is 0.465 e. The van der Waals surface area contributed by atoms with E-state index < -0.39 is 0 Å². The number of hydrogen-bond donors (Lipinski definition) is 1. The maximum atomic E-state index is 12.1. The molecule has 22 heavy (non-hydrogen) atoms. The second kappa shape index (κ2) is 16.8. The lowest BCUT2D eigenvalue weighted by molar-refractivity contribution is -0.149. The highest BCUT2D eigenvalue weighted by molar-refractivity contribution is 5.72. The van der Waals surface area contributed by atoms with Crippen molar-refractivity contribution in [2.75, 3.05) is 19.7 Å². The van der Waals surface area contributed by atoms with Crippen LogP contribution in [0.4, 0.5) is 0 Å². The summed E-state index contributed by atoms with van der Waals surface area (Å²) in [6.45, 7) is 9.17. The third kappa shape index (κ3) is 13.1. The molecule has 3 heteroatoms. The predicted molar refractivity (Wildman–Crippen MR) is 95.1 cm³/mol. The molecule has 0 spiro atoms. The fraction of sp³-hybridized carbons (Fsp3) is 0.947. The van der Waals surface area contributed by atoms with E-state index in [1.165, 1.54) is 44.9 Å². The molecule has 0 rings (SSSR count). The molecule has 132 valence electrons. The van der Waals surface area contributed by atoms with Crippen molar-refractivity contribution in [1.82, 2.24) is 5.32 Å². The molecule has 0 fully saturated rings. The summed E-state index contributed by atoms with van der Waals surface area (Å²) in [5, 5.41) is 3.46. The average Bonchev–Trinajstić information content (AvgIpc) is 2.52. The van der Waals surface area contributed by atoms with Gasteiger partial charge in [0.05, 0.1) is 12.5 Å². The molecule has 0 aromatic rings. The molecule has 0 aliphatic carbocycles. The Bertz CT molecular complexity index is 244. The quantitative estimate of drug-likeness (QED) is 0.319. The van der Waals surface area contributed by atoms with Crippen LogP contribution < -0.4 is 5.32 Å². The van der Waals surface area contributed by atoms with E-state index in [2.05, 4.69) is 26.1 Å². The van der Waals surface area contributed by atoms with E-state index in [0.717, 1.165) is 38.8 Å². The summed E-state index contributed by atoms with van der Waals surface area (Å²) in [5.41, 5.74) is 0. The average molecular weight is 314 g/mol. The zero-order valence-corrected chi connectivity index (χ0v) is 15.3. The monoisotopic (exact) mass is 313 g/mol.